The standard InChI is InChI=1S/C30H45NO2/c1-3-5-7-9-11-12-14-16-18-30(32)33-28-22-20-27(21-23-28)29-24-19-26(25-31-29)17-15-13-10-8-6-4-2/h19-25H,3-18H2,1-2H3. The summed E-state index contributed by atoms with van der Waals surface area (Å²) in [6.45, 7) is 4.50. The lowest BCUT2D eigenvalue weighted by Gasteiger charge is -2.07. The van der Waals surface area contributed by atoms with Gasteiger partial charge in [0.25, 0.3) is 0 Å². The van der Waals surface area contributed by atoms with Crippen LogP contribution < -0.4 is 4.74 Å². The van der Waals surface area contributed by atoms with Crippen molar-refractivity contribution in [3.8, 4) is 17.0 Å². The number of esters is 1. The van der Waals surface area contributed by atoms with Crippen LogP contribution >= 0.6 is 0 Å². The molecular formula is C30H45NO2. The average molecular weight is 452 g/mol. The summed E-state index contributed by atoms with van der Waals surface area (Å²) in [5, 5.41) is 0. The van der Waals surface area contributed by atoms with E-state index in [2.05, 4.69) is 31.0 Å². The van der Waals surface area contributed by atoms with E-state index in [0.29, 0.717) is 12.2 Å². The molecule has 2 aromatic rings. The van der Waals surface area contributed by atoms with Gasteiger partial charge in [0.05, 0.1) is 5.69 Å². The normalized spacial score (nSPS) is 11.0. The fourth-order valence-corrected chi connectivity index (χ4v) is 4.13. The molecule has 33 heavy (non-hydrogen) atoms. The monoisotopic (exact) mass is 451 g/mol. The maximum atomic E-state index is 12.1. The second kappa shape index (κ2) is 17.3. The van der Waals surface area contributed by atoms with E-state index in [9.17, 15) is 4.79 Å². The molecule has 1 heterocycles. The Morgan fingerprint density at radius 3 is 1.85 bits per heavy atom. The minimum absolute atomic E-state index is 0.133. The van der Waals surface area contributed by atoms with Crippen LogP contribution in [0.15, 0.2) is 42.6 Å². The molecule has 0 bridgehead atoms. The van der Waals surface area contributed by atoms with Crippen molar-refractivity contribution in [3.05, 3.63) is 48.2 Å². The zero-order chi connectivity index (χ0) is 23.6. The van der Waals surface area contributed by atoms with Crippen LogP contribution in [0.4, 0.5) is 0 Å². The first-order chi connectivity index (χ1) is 16.2. The molecule has 0 atom stereocenters. The van der Waals surface area contributed by atoms with Gasteiger partial charge in [0.1, 0.15) is 5.75 Å². The Morgan fingerprint density at radius 2 is 1.27 bits per heavy atom. The lowest BCUT2D eigenvalue weighted by Crippen LogP contribution is -2.07. The Balaban J connectivity index is 1.65. The molecule has 182 valence electrons. The number of hydrogen-bond acceptors (Lipinski definition) is 3. The topological polar surface area (TPSA) is 39.2 Å². The number of rotatable bonds is 18. The van der Waals surface area contributed by atoms with Crippen molar-refractivity contribution in [2.24, 2.45) is 0 Å². The number of pyridine rings is 1. The molecule has 0 saturated heterocycles. The van der Waals surface area contributed by atoms with Gasteiger partial charge < -0.3 is 4.74 Å². The van der Waals surface area contributed by atoms with Crippen LogP contribution in [0.3, 0.4) is 0 Å². The molecule has 0 saturated carbocycles. The second-order valence-electron chi connectivity index (χ2n) is 9.29. The van der Waals surface area contributed by atoms with E-state index in [0.717, 1.165) is 30.5 Å². The minimum atomic E-state index is -0.133. The molecule has 0 unspecified atom stereocenters. The van der Waals surface area contributed by atoms with Gasteiger partial charge in [-0.05, 0) is 55.2 Å². The Kier molecular flexibility index (Phi) is 14.2. The number of carbonyl (C=O) groups is 1. The molecule has 1 aromatic carbocycles. The summed E-state index contributed by atoms with van der Waals surface area (Å²) in [5.74, 6) is 0.480. The lowest BCUT2D eigenvalue weighted by atomic mass is 10.1. The molecular weight excluding hydrogens is 406 g/mol. The number of unbranched alkanes of at least 4 members (excludes halogenated alkanes) is 12. The largest absolute Gasteiger partial charge is 0.427 e. The average Bonchev–Trinajstić information content (AvgIpc) is 2.84. The van der Waals surface area contributed by atoms with Crippen LogP contribution in [0.1, 0.15) is 116 Å². The van der Waals surface area contributed by atoms with E-state index in [1.54, 1.807) is 0 Å². The van der Waals surface area contributed by atoms with Crippen molar-refractivity contribution in [1.82, 2.24) is 4.98 Å². The fraction of sp³-hybridized carbons (Fsp3) is 0.600. The van der Waals surface area contributed by atoms with Crippen molar-refractivity contribution in [2.45, 2.75) is 117 Å². The SMILES string of the molecule is CCCCCCCCCCC(=O)Oc1ccc(-c2ccc(CCCCCCCC)cn2)cc1. The molecule has 0 fully saturated rings. The third-order valence-electron chi connectivity index (χ3n) is 6.26. The molecule has 0 amide bonds. The molecule has 0 spiro atoms. The van der Waals surface area contributed by atoms with Crippen molar-refractivity contribution < 1.29 is 9.53 Å². The second-order valence-corrected chi connectivity index (χ2v) is 9.29. The zero-order valence-corrected chi connectivity index (χ0v) is 21.1. The maximum Gasteiger partial charge on any atom is 0.311 e. The Labute approximate surface area is 202 Å². The molecule has 2 rings (SSSR count). The summed E-state index contributed by atoms with van der Waals surface area (Å²) in [6.07, 6.45) is 21.3. The molecule has 1 aromatic heterocycles. The maximum absolute atomic E-state index is 12.1. The van der Waals surface area contributed by atoms with Gasteiger partial charge in [-0.15, -0.1) is 0 Å². The van der Waals surface area contributed by atoms with Gasteiger partial charge in [-0.25, -0.2) is 0 Å². The number of aryl methyl sites for hydroxylation is 1. The quantitative estimate of drug-likeness (QED) is 0.129. The third-order valence-corrected chi connectivity index (χ3v) is 6.26. The Bertz CT molecular complexity index is 752. The van der Waals surface area contributed by atoms with Gasteiger partial charge >= 0.3 is 5.97 Å². The molecule has 3 heteroatoms. The van der Waals surface area contributed by atoms with Crippen molar-refractivity contribution >= 4 is 5.97 Å². The highest BCUT2D eigenvalue weighted by molar-refractivity contribution is 5.72. The summed E-state index contributed by atoms with van der Waals surface area (Å²) in [5.41, 5.74) is 3.31. The summed E-state index contributed by atoms with van der Waals surface area (Å²) >= 11 is 0. The Morgan fingerprint density at radius 1 is 0.697 bits per heavy atom. The van der Waals surface area contributed by atoms with E-state index in [4.69, 9.17) is 4.74 Å². The molecule has 0 aliphatic heterocycles. The predicted octanol–water partition coefficient (Wildman–Crippen LogP) is 9.09. The van der Waals surface area contributed by atoms with Crippen LogP contribution in [0, 0.1) is 0 Å². The summed E-state index contributed by atoms with van der Waals surface area (Å²) in [7, 11) is 0. The number of ether oxygens (including phenoxy) is 1. The third kappa shape index (κ3) is 12.0. The number of hydrogen-bond donors (Lipinski definition) is 0. The van der Waals surface area contributed by atoms with Crippen molar-refractivity contribution in [3.63, 3.8) is 0 Å². The van der Waals surface area contributed by atoms with Gasteiger partial charge in [0.15, 0.2) is 0 Å². The summed E-state index contributed by atoms with van der Waals surface area (Å²) < 4.78 is 5.50. The highest BCUT2D eigenvalue weighted by Gasteiger charge is 2.06. The molecule has 3 nitrogen and oxygen atoms in total. The first kappa shape index (κ1) is 27.1. The van der Waals surface area contributed by atoms with E-state index in [-0.39, 0.29) is 5.97 Å². The first-order valence-electron chi connectivity index (χ1n) is 13.5. The van der Waals surface area contributed by atoms with Crippen LogP contribution in [-0.2, 0) is 11.2 Å². The number of nitrogens with zero attached hydrogens (tertiary/aromatic N) is 1. The van der Waals surface area contributed by atoms with Crippen LogP contribution in [0.25, 0.3) is 11.3 Å². The zero-order valence-electron chi connectivity index (χ0n) is 21.1. The van der Waals surface area contributed by atoms with Gasteiger partial charge in [0.2, 0.25) is 0 Å². The van der Waals surface area contributed by atoms with E-state index in [1.807, 2.05) is 30.5 Å². The van der Waals surface area contributed by atoms with Crippen LogP contribution in [-0.4, -0.2) is 11.0 Å². The van der Waals surface area contributed by atoms with Gasteiger partial charge in [-0.1, -0.05) is 97.0 Å². The van der Waals surface area contributed by atoms with Crippen LogP contribution in [0.5, 0.6) is 5.75 Å². The van der Waals surface area contributed by atoms with E-state index < -0.39 is 0 Å². The van der Waals surface area contributed by atoms with Gasteiger partial charge in [-0.2, -0.15) is 0 Å². The van der Waals surface area contributed by atoms with Gasteiger partial charge in [0, 0.05) is 18.2 Å². The number of carbonyl (C=O) groups excluding carboxylic acids is 1. The van der Waals surface area contributed by atoms with Gasteiger partial charge in [-0.3, -0.25) is 9.78 Å². The number of benzene rings is 1. The number of aromatic nitrogens is 1. The summed E-state index contributed by atoms with van der Waals surface area (Å²) in [4.78, 5) is 16.7. The van der Waals surface area contributed by atoms with E-state index >= 15 is 0 Å². The van der Waals surface area contributed by atoms with Crippen molar-refractivity contribution in [1.29, 1.82) is 0 Å². The summed E-state index contributed by atoms with van der Waals surface area (Å²) in [6, 6.07) is 12.0. The first-order valence-corrected chi connectivity index (χ1v) is 13.5. The highest BCUT2D eigenvalue weighted by atomic mass is 16.5. The molecule has 0 N–H and O–H groups in total. The smallest absolute Gasteiger partial charge is 0.311 e. The Hall–Kier alpha value is -2.16. The predicted molar refractivity (Wildman–Crippen MR) is 140 cm³/mol. The van der Waals surface area contributed by atoms with Crippen molar-refractivity contribution in [2.75, 3.05) is 0 Å². The highest BCUT2D eigenvalue weighted by Crippen LogP contribution is 2.22. The minimum Gasteiger partial charge on any atom is -0.427 e. The molecule has 0 aliphatic carbocycles. The molecule has 0 aliphatic rings. The fourth-order valence-electron chi connectivity index (χ4n) is 4.13. The lowest BCUT2D eigenvalue weighted by molar-refractivity contribution is -0.134. The molecule has 0 radical (unpaired) electrons. The van der Waals surface area contributed by atoms with Crippen LogP contribution in [0.2, 0.25) is 0 Å². The van der Waals surface area contributed by atoms with E-state index in [1.165, 1.54) is 82.6 Å².